The molecule has 0 aliphatic carbocycles. The van der Waals surface area contributed by atoms with Gasteiger partial charge < -0.3 is 4.74 Å². The summed E-state index contributed by atoms with van der Waals surface area (Å²) in [5.74, 6) is 0.150. The predicted molar refractivity (Wildman–Crippen MR) is 67.4 cm³/mol. The van der Waals surface area contributed by atoms with Crippen LogP contribution in [0.1, 0.15) is 33.2 Å². The Hall–Kier alpha value is -2.50. The van der Waals surface area contributed by atoms with Crippen LogP contribution in [0.2, 0.25) is 0 Å². The average Bonchev–Trinajstić information content (AvgIpc) is 2.88. The summed E-state index contributed by atoms with van der Waals surface area (Å²) in [6.45, 7) is 3.88. The normalized spacial score (nSPS) is 10.2. The highest BCUT2D eigenvalue weighted by atomic mass is 16.5. The Morgan fingerprint density at radius 1 is 1.47 bits per heavy atom. The summed E-state index contributed by atoms with van der Waals surface area (Å²) in [4.78, 5) is 26.3. The Labute approximate surface area is 110 Å². The average molecular weight is 259 g/mol. The van der Waals surface area contributed by atoms with Crippen molar-refractivity contribution in [3.8, 4) is 5.82 Å². The molecule has 0 saturated carbocycles. The number of hydrogen-bond acceptors (Lipinski definition) is 5. The SMILES string of the molecule is CCOC(=O)c1cnn(-c2ncc(C=O)cc2C)c1. The van der Waals surface area contributed by atoms with Gasteiger partial charge in [-0.3, -0.25) is 4.79 Å². The van der Waals surface area contributed by atoms with E-state index in [1.807, 2.05) is 6.92 Å². The molecule has 0 N–H and O–H groups in total. The van der Waals surface area contributed by atoms with E-state index in [1.54, 1.807) is 19.2 Å². The van der Waals surface area contributed by atoms with Gasteiger partial charge in [0.2, 0.25) is 0 Å². The summed E-state index contributed by atoms with van der Waals surface area (Å²) >= 11 is 0. The van der Waals surface area contributed by atoms with Gasteiger partial charge in [-0.15, -0.1) is 0 Å². The standard InChI is InChI=1S/C13H13N3O3/c1-3-19-13(18)11-6-15-16(7-11)12-9(2)4-10(8-17)5-14-12/h4-8H,3H2,1-2H3. The third-order valence-corrected chi connectivity index (χ3v) is 2.52. The number of pyridine rings is 1. The van der Waals surface area contributed by atoms with Crippen LogP contribution in [0, 0.1) is 6.92 Å². The molecule has 2 heterocycles. The number of aldehydes is 1. The van der Waals surface area contributed by atoms with Gasteiger partial charge >= 0.3 is 5.97 Å². The van der Waals surface area contributed by atoms with Crippen LogP contribution in [0.4, 0.5) is 0 Å². The lowest BCUT2D eigenvalue weighted by Crippen LogP contribution is -2.04. The van der Waals surface area contributed by atoms with Crippen molar-refractivity contribution in [1.82, 2.24) is 14.8 Å². The number of carbonyl (C=O) groups excluding carboxylic acids is 2. The van der Waals surface area contributed by atoms with Crippen LogP contribution >= 0.6 is 0 Å². The van der Waals surface area contributed by atoms with Crippen molar-refractivity contribution >= 4 is 12.3 Å². The van der Waals surface area contributed by atoms with Crippen molar-refractivity contribution in [2.24, 2.45) is 0 Å². The van der Waals surface area contributed by atoms with Gasteiger partial charge in [0.05, 0.1) is 18.4 Å². The molecule has 0 atom stereocenters. The number of carbonyl (C=O) groups is 2. The van der Waals surface area contributed by atoms with Crippen LogP contribution in [-0.2, 0) is 4.74 Å². The number of rotatable bonds is 4. The molecular weight excluding hydrogens is 246 g/mol. The van der Waals surface area contributed by atoms with Crippen molar-refractivity contribution in [3.05, 3.63) is 41.3 Å². The zero-order chi connectivity index (χ0) is 13.8. The van der Waals surface area contributed by atoms with Crippen LogP contribution in [-0.4, -0.2) is 33.6 Å². The minimum absolute atomic E-state index is 0.315. The fraction of sp³-hybridized carbons (Fsp3) is 0.231. The van der Waals surface area contributed by atoms with Crippen molar-refractivity contribution in [3.63, 3.8) is 0 Å². The maximum absolute atomic E-state index is 11.5. The van der Waals surface area contributed by atoms with Gasteiger partial charge in [-0.2, -0.15) is 5.10 Å². The summed E-state index contributed by atoms with van der Waals surface area (Å²) in [6.07, 6.45) is 5.17. The summed E-state index contributed by atoms with van der Waals surface area (Å²) in [7, 11) is 0. The first-order chi connectivity index (χ1) is 9.15. The van der Waals surface area contributed by atoms with E-state index in [4.69, 9.17) is 4.74 Å². The Kier molecular flexibility index (Phi) is 3.70. The molecule has 6 nitrogen and oxygen atoms in total. The largest absolute Gasteiger partial charge is 0.462 e. The molecule has 2 aromatic heterocycles. The van der Waals surface area contributed by atoms with E-state index in [0.717, 1.165) is 11.8 Å². The van der Waals surface area contributed by atoms with Gasteiger partial charge in [0.1, 0.15) is 0 Å². The van der Waals surface area contributed by atoms with Gasteiger partial charge in [-0.1, -0.05) is 0 Å². The fourth-order valence-electron chi connectivity index (χ4n) is 1.65. The molecule has 0 bridgehead atoms. The summed E-state index contributed by atoms with van der Waals surface area (Å²) in [6, 6.07) is 1.71. The van der Waals surface area contributed by atoms with E-state index < -0.39 is 5.97 Å². The first-order valence-electron chi connectivity index (χ1n) is 5.79. The molecule has 0 aliphatic heterocycles. The Balaban J connectivity index is 2.32. The molecular formula is C13H13N3O3. The smallest absolute Gasteiger partial charge is 0.341 e. The van der Waals surface area contributed by atoms with Crippen molar-refractivity contribution < 1.29 is 14.3 Å². The number of aromatic nitrogens is 3. The molecule has 2 rings (SSSR count). The molecule has 0 aliphatic rings. The molecule has 98 valence electrons. The number of nitrogens with zero attached hydrogens (tertiary/aromatic N) is 3. The first-order valence-corrected chi connectivity index (χ1v) is 5.79. The van der Waals surface area contributed by atoms with Gasteiger partial charge in [0.25, 0.3) is 0 Å². The minimum atomic E-state index is -0.420. The third kappa shape index (κ3) is 2.67. The maximum Gasteiger partial charge on any atom is 0.341 e. The minimum Gasteiger partial charge on any atom is -0.462 e. The quantitative estimate of drug-likeness (QED) is 0.615. The van der Waals surface area contributed by atoms with Crippen molar-refractivity contribution in [2.75, 3.05) is 6.61 Å². The van der Waals surface area contributed by atoms with Crippen LogP contribution in [0.5, 0.6) is 0 Å². The number of hydrogen-bond donors (Lipinski definition) is 0. The Morgan fingerprint density at radius 3 is 2.89 bits per heavy atom. The lowest BCUT2D eigenvalue weighted by Gasteiger charge is -2.04. The molecule has 6 heteroatoms. The Morgan fingerprint density at radius 2 is 2.26 bits per heavy atom. The van der Waals surface area contributed by atoms with Gasteiger partial charge in [-0.25, -0.2) is 14.5 Å². The third-order valence-electron chi connectivity index (χ3n) is 2.52. The van der Waals surface area contributed by atoms with Gasteiger partial charge in [-0.05, 0) is 25.5 Å². The molecule has 0 amide bonds. The highest BCUT2D eigenvalue weighted by molar-refractivity contribution is 5.88. The molecule has 0 spiro atoms. The van der Waals surface area contributed by atoms with Crippen molar-refractivity contribution in [1.29, 1.82) is 0 Å². The lowest BCUT2D eigenvalue weighted by atomic mass is 10.2. The highest BCUT2D eigenvalue weighted by Gasteiger charge is 2.12. The number of aryl methyl sites for hydroxylation is 1. The highest BCUT2D eigenvalue weighted by Crippen LogP contribution is 2.12. The molecule has 0 aromatic carbocycles. The van der Waals surface area contributed by atoms with E-state index in [-0.39, 0.29) is 0 Å². The fourth-order valence-corrected chi connectivity index (χ4v) is 1.65. The molecule has 0 fully saturated rings. The second kappa shape index (κ2) is 5.43. The number of ether oxygens (including phenoxy) is 1. The zero-order valence-corrected chi connectivity index (χ0v) is 10.7. The number of esters is 1. The summed E-state index contributed by atoms with van der Waals surface area (Å²) in [5.41, 5.74) is 1.66. The van der Waals surface area contributed by atoms with Gasteiger partial charge in [0.15, 0.2) is 12.1 Å². The van der Waals surface area contributed by atoms with E-state index in [9.17, 15) is 9.59 Å². The monoisotopic (exact) mass is 259 g/mol. The van der Waals surface area contributed by atoms with E-state index in [2.05, 4.69) is 10.1 Å². The molecule has 0 unspecified atom stereocenters. The van der Waals surface area contributed by atoms with Crippen LogP contribution in [0.15, 0.2) is 24.7 Å². The first kappa shape index (κ1) is 12.9. The molecule has 0 saturated heterocycles. The van der Waals surface area contributed by atoms with Crippen molar-refractivity contribution in [2.45, 2.75) is 13.8 Å². The van der Waals surface area contributed by atoms with E-state index in [0.29, 0.717) is 23.6 Å². The predicted octanol–water partition coefficient (Wildman–Crippen LogP) is 1.56. The Bertz CT molecular complexity index is 619. The van der Waals surface area contributed by atoms with Crippen LogP contribution < -0.4 is 0 Å². The zero-order valence-electron chi connectivity index (χ0n) is 10.7. The van der Waals surface area contributed by atoms with Gasteiger partial charge in [0, 0.05) is 18.0 Å². The molecule has 2 aromatic rings. The summed E-state index contributed by atoms with van der Waals surface area (Å²) < 4.78 is 6.37. The second-order valence-corrected chi connectivity index (χ2v) is 3.92. The molecule has 0 radical (unpaired) electrons. The molecule has 19 heavy (non-hydrogen) atoms. The summed E-state index contributed by atoms with van der Waals surface area (Å²) in [5, 5.41) is 4.07. The van der Waals surface area contributed by atoms with Crippen LogP contribution in [0.25, 0.3) is 5.82 Å². The second-order valence-electron chi connectivity index (χ2n) is 3.92. The topological polar surface area (TPSA) is 74.1 Å². The van der Waals surface area contributed by atoms with E-state index in [1.165, 1.54) is 17.1 Å². The van der Waals surface area contributed by atoms with Crippen LogP contribution in [0.3, 0.4) is 0 Å². The lowest BCUT2D eigenvalue weighted by molar-refractivity contribution is 0.0526. The maximum atomic E-state index is 11.5. The van der Waals surface area contributed by atoms with E-state index >= 15 is 0 Å².